The summed E-state index contributed by atoms with van der Waals surface area (Å²) in [6.45, 7) is 8.38. The summed E-state index contributed by atoms with van der Waals surface area (Å²) in [7, 11) is -0.398. The van der Waals surface area contributed by atoms with E-state index in [0.717, 1.165) is 16.9 Å². The molecule has 34 heavy (non-hydrogen) atoms. The van der Waals surface area contributed by atoms with Gasteiger partial charge in [0.25, 0.3) is 0 Å². The molecule has 0 atom stereocenters. The molecule has 0 amide bonds. The average Bonchev–Trinajstić information content (AvgIpc) is 3.39. The van der Waals surface area contributed by atoms with Crippen LogP contribution in [-0.2, 0) is 14.7 Å². The summed E-state index contributed by atoms with van der Waals surface area (Å²) in [5, 5.41) is 0. The number of aromatic nitrogens is 2. The van der Waals surface area contributed by atoms with Gasteiger partial charge < -0.3 is 9.31 Å². The van der Waals surface area contributed by atoms with E-state index in [4.69, 9.17) is 19.3 Å². The number of nitrogens with zero attached hydrogens (tertiary/aromatic N) is 2. The number of hydrogen-bond donors (Lipinski definition) is 0. The quantitative estimate of drug-likeness (QED) is 0.330. The molecule has 1 saturated heterocycles. The maximum absolute atomic E-state index is 6.39. The Labute approximate surface area is 200 Å². The van der Waals surface area contributed by atoms with Crippen LogP contribution in [0.4, 0.5) is 0 Å². The summed E-state index contributed by atoms with van der Waals surface area (Å²) in [6, 6.07) is 23.9. The maximum atomic E-state index is 6.39. The van der Waals surface area contributed by atoms with Crippen LogP contribution in [-0.4, -0.2) is 28.3 Å². The molecule has 0 bridgehead atoms. The molecule has 4 nitrogen and oxygen atoms in total. The Balaban J connectivity index is 1.50. The zero-order chi connectivity index (χ0) is 23.3. The van der Waals surface area contributed by atoms with E-state index in [1.165, 1.54) is 33.4 Å². The van der Waals surface area contributed by atoms with Crippen molar-refractivity contribution in [2.24, 2.45) is 0 Å². The van der Waals surface area contributed by atoms with Crippen LogP contribution in [0, 0.1) is 0 Å². The van der Waals surface area contributed by atoms with E-state index in [1.807, 2.05) is 24.5 Å². The molecular formula is C29H25BN2O2. The van der Waals surface area contributed by atoms with E-state index in [0.29, 0.717) is 0 Å². The second-order valence-electron chi connectivity index (χ2n) is 10.5. The SMILES string of the molecule is CC1(C)OB(c2ccc3c(c2)-c2ccccc2C32c3cccnc3-c3ncccc32)OC1(C)C. The van der Waals surface area contributed by atoms with Crippen LogP contribution >= 0.6 is 0 Å². The molecule has 2 aromatic carbocycles. The second kappa shape index (κ2) is 6.44. The van der Waals surface area contributed by atoms with Gasteiger partial charge in [0.05, 0.1) is 28.0 Å². The number of pyridine rings is 2. The molecule has 4 aromatic rings. The molecular weight excluding hydrogens is 419 g/mol. The lowest BCUT2D eigenvalue weighted by Crippen LogP contribution is -2.41. The van der Waals surface area contributed by atoms with Crippen molar-refractivity contribution in [3.63, 3.8) is 0 Å². The first kappa shape index (κ1) is 20.1. The van der Waals surface area contributed by atoms with Crippen LogP contribution in [0.5, 0.6) is 0 Å². The number of fused-ring (bicyclic) bond motifs is 10. The molecule has 0 unspecified atom stereocenters. The molecule has 166 valence electrons. The summed E-state index contributed by atoms with van der Waals surface area (Å²) in [5.74, 6) is 0. The Morgan fingerprint density at radius 2 is 1.18 bits per heavy atom. The topological polar surface area (TPSA) is 44.2 Å². The fraction of sp³-hybridized carbons (Fsp3) is 0.241. The first-order valence-corrected chi connectivity index (χ1v) is 11.9. The van der Waals surface area contributed by atoms with Crippen LogP contribution in [0.25, 0.3) is 22.5 Å². The van der Waals surface area contributed by atoms with E-state index in [-0.39, 0.29) is 11.2 Å². The molecule has 1 fully saturated rings. The van der Waals surface area contributed by atoms with Gasteiger partial charge in [0.15, 0.2) is 0 Å². The fourth-order valence-electron chi connectivity index (χ4n) is 5.95. The Hall–Kier alpha value is -3.28. The highest BCUT2D eigenvalue weighted by Gasteiger charge is 2.54. The number of benzene rings is 2. The zero-order valence-electron chi connectivity index (χ0n) is 19.8. The smallest absolute Gasteiger partial charge is 0.399 e. The molecule has 2 aromatic heterocycles. The van der Waals surface area contributed by atoms with Gasteiger partial charge in [-0.25, -0.2) is 0 Å². The van der Waals surface area contributed by atoms with Gasteiger partial charge >= 0.3 is 7.12 Å². The van der Waals surface area contributed by atoms with Gasteiger partial charge in [-0.05, 0) is 78.7 Å². The van der Waals surface area contributed by atoms with Gasteiger partial charge in [-0.1, -0.05) is 54.6 Å². The van der Waals surface area contributed by atoms with Crippen molar-refractivity contribution in [2.45, 2.75) is 44.3 Å². The van der Waals surface area contributed by atoms with Crippen LogP contribution < -0.4 is 5.46 Å². The van der Waals surface area contributed by atoms with Crippen molar-refractivity contribution in [1.82, 2.24) is 9.97 Å². The third-order valence-corrected chi connectivity index (χ3v) is 8.24. The molecule has 0 saturated carbocycles. The first-order valence-electron chi connectivity index (χ1n) is 11.9. The van der Waals surface area contributed by atoms with E-state index >= 15 is 0 Å². The monoisotopic (exact) mass is 444 g/mol. The minimum Gasteiger partial charge on any atom is -0.399 e. The van der Waals surface area contributed by atoms with Crippen molar-refractivity contribution in [2.75, 3.05) is 0 Å². The van der Waals surface area contributed by atoms with Crippen molar-refractivity contribution >= 4 is 12.6 Å². The van der Waals surface area contributed by atoms with Crippen molar-refractivity contribution < 1.29 is 9.31 Å². The van der Waals surface area contributed by atoms with E-state index in [2.05, 4.69) is 82.3 Å². The fourth-order valence-corrected chi connectivity index (χ4v) is 5.95. The molecule has 0 N–H and O–H groups in total. The van der Waals surface area contributed by atoms with Crippen molar-refractivity contribution in [3.8, 4) is 22.5 Å². The van der Waals surface area contributed by atoms with E-state index in [1.54, 1.807) is 0 Å². The highest BCUT2D eigenvalue weighted by molar-refractivity contribution is 6.62. The van der Waals surface area contributed by atoms with Gasteiger partial charge in [0, 0.05) is 12.4 Å². The van der Waals surface area contributed by atoms with Crippen molar-refractivity contribution in [1.29, 1.82) is 0 Å². The third-order valence-electron chi connectivity index (χ3n) is 8.24. The summed E-state index contributed by atoms with van der Waals surface area (Å²) in [6.07, 6.45) is 3.72. The Morgan fingerprint density at radius 1 is 0.618 bits per heavy atom. The lowest BCUT2D eigenvalue weighted by atomic mass is 9.70. The second-order valence-corrected chi connectivity index (χ2v) is 10.5. The molecule has 1 spiro atoms. The first-order chi connectivity index (χ1) is 16.3. The standard InChI is InChI=1S/C29H25BN2O2/c1-27(2)28(3,4)34-30(33-27)18-13-14-22-20(17-18)19-9-5-6-10-21(19)29(22)23-11-7-15-31-25(23)26-24(29)12-8-16-32-26/h5-17H,1-4H3. The Morgan fingerprint density at radius 3 is 1.82 bits per heavy atom. The van der Waals surface area contributed by atoms with E-state index in [9.17, 15) is 0 Å². The zero-order valence-corrected chi connectivity index (χ0v) is 19.8. The normalized spacial score (nSPS) is 19.6. The predicted molar refractivity (Wildman–Crippen MR) is 134 cm³/mol. The minimum absolute atomic E-state index is 0.378. The summed E-state index contributed by atoms with van der Waals surface area (Å²) < 4.78 is 12.8. The molecule has 3 aliphatic rings. The third kappa shape index (κ3) is 2.31. The van der Waals surface area contributed by atoms with E-state index < -0.39 is 12.5 Å². The van der Waals surface area contributed by atoms with Gasteiger partial charge in [-0.15, -0.1) is 0 Å². The molecule has 5 heteroatoms. The summed E-state index contributed by atoms with van der Waals surface area (Å²) >= 11 is 0. The average molecular weight is 444 g/mol. The van der Waals surface area contributed by atoms with Crippen molar-refractivity contribution in [3.05, 3.63) is 101 Å². The molecule has 0 radical (unpaired) electrons. The lowest BCUT2D eigenvalue weighted by molar-refractivity contribution is 0.00578. The minimum atomic E-state index is -0.423. The highest BCUT2D eigenvalue weighted by atomic mass is 16.7. The molecule has 1 aliphatic heterocycles. The maximum Gasteiger partial charge on any atom is 0.494 e. The van der Waals surface area contributed by atoms with Gasteiger partial charge in [0.2, 0.25) is 0 Å². The van der Waals surface area contributed by atoms with Crippen LogP contribution in [0.15, 0.2) is 79.1 Å². The molecule has 2 aliphatic carbocycles. The summed E-state index contributed by atoms with van der Waals surface area (Å²) in [4.78, 5) is 9.55. The highest BCUT2D eigenvalue weighted by Crippen LogP contribution is 2.61. The van der Waals surface area contributed by atoms with Gasteiger partial charge in [-0.2, -0.15) is 0 Å². The number of hydrogen-bond acceptors (Lipinski definition) is 4. The molecule has 7 rings (SSSR count). The summed E-state index contributed by atoms with van der Waals surface area (Å²) in [5.41, 5.74) is 9.17. The van der Waals surface area contributed by atoms with Gasteiger partial charge in [0.1, 0.15) is 0 Å². The molecule has 3 heterocycles. The number of rotatable bonds is 1. The van der Waals surface area contributed by atoms with Crippen LogP contribution in [0.1, 0.15) is 49.9 Å². The Bertz CT molecular complexity index is 1430. The predicted octanol–water partition coefficient (Wildman–Crippen LogP) is 5.12. The lowest BCUT2D eigenvalue weighted by Gasteiger charge is -2.32. The Kier molecular flexibility index (Phi) is 3.81. The van der Waals surface area contributed by atoms with Crippen LogP contribution in [0.2, 0.25) is 0 Å². The van der Waals surface area contributed by atoms with Crippen LogP contribution in [0.3, 0.4) is 0 Å². The largest absolute Gasteiger partial charge is 0.494 e. The van der Waals surface area contributed by atoms with Gasteiger partial charge in [-0.3, -0.25) is 9.97 Å².